The van der Waals surface area contributed by atoms with Crippen LogP contribution >= 0.6 is 0 Å². The van der Waals surface area contributed by atoms with Crippen LogP contribution < -0.4 is 0 Å². The summed E-state index contributed by atoms with van der Waals surface area (Å²) in [6, 6.07) is 44.3. The predicted molar refractivity (Wildman–Crippen MR) is 138 cm³/mol. The Hall–Kier alpha value is -4.10. The summed E-state index contributed by atoms with van der Waals surface area (Å²) in [6.07, 6.45) is 1.02. The van der Waals surface area contributed by atoms with Gasteiger partial charge in [0.05, 0.1) is 11.0 Å². The Balaban J connectivity index is 1.53. The molecule has 0 radical (unpaired) electrons. The molecule has 0 N–H and O–H groups in total. The van der Waals surface area contributed by atoms with Gasteiger partial charge in [-0.1, -0.05) is 91.0 Å². The smallest absolute Gasteiger partial charge is 0.0547 e. The van der Waals surface area contributed by atoms with Crippen molar-refractivity contribution in [2.24, 2.45) is 0 Å². The zero-order chi connectivity index (χ0) is 21.8. The molecule has 1 aromatic heterocycles. The van der Waals surface area contributed by atoms with Gasteiger partial charge >= 0.3 is 0 Å². The van der Waals surface area contributed by atoms with Crippen LogP contribution in [-0.4, -0.2) is 4.57 Å². The molecule has 0 saturated carbocycles. The highest BCUT2D eigenvalue weighted by atomic mass is 15.0. The third-order valence-corrected chi connectivity index (χ3v) is 7.14. The summed E-state index contributed by atoms with van der Waals surface area (Å²) in [7, 11) is 0. The van der Waals surface area contributed by atoms with Gasteiger partial charge in [0.15, 0.2) is 0 Å². The van der Waals surface area contributed by atoms with Gasteiger partial charge < -0.3 is 4.57 Å². The van der Waals surface area contributed by atoms with Crippen molar-refractivity contribution in [3.63, 3.8) is 0 Å². The highest BCUT2D eigenvalue weighted by Crippen LogP contribution is 2.49. The van der Waals surface area contributed by atoms with Gasteiger partial charge in [0.25, 0.3) is 0 Å². The van der Waals surface area contributed by atoms with Gasteiger partial charge in [-0.3, -0.25) is 0 Å². The van der Waals surface area contributed by atoms with E-state index in [1.165, 1.54) is 55.3 Å². The van der Waals surface area contributed by atoms with Crippen LogP contribution in [0.1, 0.15) is 22.6 Å². The van der Waals surface area contributed by atoms with E-state index in [0.717, 1.165) is 6.42 Å². The fourth-order valence-electron chi connectivity index (χ4n) is 5.69. The first-order valence-corrected chi connectivity index (χ1v) is 11.6. The second-order valence-corrected chi connectivity index (χ2v) is 8.97. The number of aromatic nitrogens is 1. The van der Waals surface area contributed by atoms with Crippen LogP contribution in [-0.2, 0) is 6.42 Å². The average molecular weight is 422 g/mol. The lowest BCUT2D eigenvalue weighted by Crippen LogP contribution is -2.01. The molecule has 7 rings (SSSR count). The van der Waals surface area contributed by atoms with Crippen LogP contribution in [0.3, 0.4) is 0 Å². The topological polar surface area (TPSA) is 4.93 Å². The second-order valence-electron chi connectivity index (χ2n) is 8.97. The first-order valence-electron chi connectivity index (χ1n) is 11.6. The summed E-state index contributed by atoms with van der Waals surface area (Å²) in [6.45, 7) is 0. The maximum atomic E-state index is 2.47. The molecule has 1 heteroatoms. The summed E-state index contributed by atoms with van der Waals surface area (Å²) in [5.41, 5.74) is 10.8. The van der Waals surface area contributed by atoms with Crippen molar-refractivity contribution in [2.75, 3.05) is 0 Å². The number of hydrogen-bond donors (Lipinski definition) is 0. The molecule has 1 aliphatic rings. The molecule has 5 aromatic carbocycles. The van der Waals surface area contributed by atoms with Gasteiger partial charge in [0, 0.05) is 22.4 Å². The standard InChI is InChI=1S/C32H23N/c1-3-11-22(12-4-1)19-27-24-15-7-8-16-25(24)29-21-32-30(20-28(27)29)26-17-9-10-18-31(26)33(32)23-13-5-2-6-14-23/h1-18,20-21,27H,19H2. The number of nitrogens with zero attached hydrogens (tertiary/aromatic N) is 1. The highest BCUT2D eigenvalue weighted by Gasteiger charge is 2.30. The molecule has 1 atom stereocenters. The zero-order valence-corrected chi connectivity index (χ0v) is 18.3. The highest BCUT2D eigenvalue weighted by molar-refractivity contribution is 6.11. The number of rotatable bonds is 3. The van der Waals surface area contributed by atoms with Crippen molar-refractivity contribution >= 4 is 21.8 Å². The first kappa shape index (κ1) is 18.5. The Bertz CT molecular complexity index is 1620. The Labute approximate surface area is 193 Å². The van der Waals surface area contributed by atoms with E-state index in [4.69, 9.17) is 0 Å². The molecule has 0 aliphatic heterocycles. The molecule has 156 valence electrons. The molecule has 6 aromatic rings. The largest absolute Gasteiger partial charge is 0.309 e. The average Bonchev–Trinajstić information content (AvgIpc) is 3.36. The summed E-state index contributed by atoms with van der Waals surface area (Å²) < 4.78 is 2.41. The molecule has 0 fully saturated rings. The maximum Gasteiger partial charge on any atom is 0.0547 e. The molecular formula is C32H23N. The minimum atomic E-state index is 0.377. The van der Waals surface area contributed by atoms with Gasteiger partial charge in [-0.25, -0.2) is 0 Å². The fraction of sp³-hybridized carbons (Fsp3) is 0.0625. The molecule has 1 heterocycles. The molecular weight excluding hydrogens is 398 g/mol. The summed E-state index contributed by atoms with van der Waals surface area (Å²) in [4.78, 5) is 0. The van der Waals surface area contributed by atoms with Crippen molar-refractivity contribution in [2.45, 2.75) is 12.3 Å². The van der Waals surface area contributed by atoms with E-state index in [1.807, 2.05) is 0 Å². The fourth-order valence-corrected chi connectivity index (χ4v) is 5.69. The third-order valence-electron chi connectivity index (χ3n) is 7.14. The Morgan fingerprint density at radius 2 is 1.21 bits per heavy atom. The number of benzene rings is 5. The van der Waals surface area contributed by atoms with Crippen molar-refractivity contribution in [3.8, 4) is 16.8 Å². The number of para-hydroxylation sites is 2. The van der Waals surface area contributed by atoms with Crippen LogP contribution in [0.5, 0.6) is 0 Å². The first-order chi connectivity index (χ1) is 16.4. The quantitative estimate of drug-likeness (QED) is 0.272. The van der Waals surface area contributed by atoms with E-state index in [2.05, 4.69) is 126 Å². The molecule has 1 nitrogen and oxygen atoms in total. The molecule has 0 saturated heterocycles. The molecule has 33 heavy (non-hydrogen) atoms. The van der Waals surface area contributed by atoms with E-state index in [1.54, 1.807) is 0 Å². The van der Waals surface area contributed by atoms with Crippen LogP contribution in [0.4, 0.5) is 0 Å². The van der Waals surface area contributed by atoms with Crippen molar-refractivity contribution in [1.29, 1.82) is 0 Å². The lowest BCUT2D eigenvalue weighted by Gasteiger charge is -2.14. The molecule has 0 spiro atoms. The van der Waals surface area contributed by atoms with Gasteiger partial charge in [-0.05, 0) is 64.6 Å². The van der Waals surface area contributed by atoms with E-state index in [9.17, 15) is 0 Å². The summed E-state index contributed by atoms with van der Waals surface area (Å²) in [5, 5.41) is 2.65. The molecule has 1 unspecified atom stereocenters. The minimum Gasteiger partial charge on any atom is -0.309 e. The number of fused-ring (bicyclic) bond motifs is 6. The third kappa shape index (κ3) is 2.79. The van der Waals surface area contributed by atoms with Gasteiger partial charge in [0.2, 0.25) is 0 Å². The Morgan fingerprint density at radius 1 is 0.515 bits per heavy atom. The number of hydrogen-bond acceptors (Lipinski definition) is 0. The Morgan fingerprint density at radius 3 is 2.06 bits per heavy atom. The van der Waals surface area contributed by atoms with Crippen LogP contribution in [0.25, 0.3) is 38.6 Å². The van der Waals surface area contributed by atoms with Crippen LogP contribution in [0, 0.1) is 0 Å². The van der Waals surface area contributed by atoms with Crippen molar-refractivity contribution < 1.29 is 0 Å². The van der Waals surface area contributed by atoms with E-state index >= 15 is 0 Å². The zero-order valence-electron chi connectivity index (χ0n) is 18.3. The minimum absolute atomic E-state index is 0.377. The summed E-state index contributed by atoms with van der Waals surface area (Å²) in [5.74, 6) is 0.377. The van der Waals surface area contributed by atoms with Crippen molar-refractivity contribution in [3.05, 3.63) is 138 Å². The second kappa shape index (κ2) is 7.21. The van der Waals surface area contributed by atoms with Gasteiger partial charge in [-0.15, -0.1) is 0 Å². The normalized spacial score (nSPS) is 14.5. The molecule has 0 amide bonds. The molecule has 0 bridgehead atoms. The van der Waals surface area contributed by atoms with E-state index in [-0.39, 0.29) is 0 Å². The predicted octanol–water partition coefficient (Wildman–Crippen LogP) is 8.14. The maximum absolute atomic E-state index is 2.47. The Kier molecular flexibility index (Phi) is 4.04. The monoisotopic (exact) mass is 421 g/mol. The van der Waals surface area contributed by atoms with Crippen LogP contribution in [0.15, 0.2) is 121 Å². The summed E-state index contributed by atoms with van der Waals surface area (Å²) >= 11 is 0. The SMILES string of the molecule is c1ccc(CC2c3ccccc3-c3cc4c(cc32)c2ccccc2n4-c2ccccc2)cc1. The van der Waals surface area contributed by atoms with Gasteiger partial charge in [0.1, 0.15) is 0 Å². The van der Waals surface area contributed by atoms with E-state index < -0.39 is 0 Å². The van der Waals surface area contributed by atoms with Gasteiger partial charge in [-0.2, -0.15) is 0 Å². The van der Waals surface area contributed by atoms with E-state index in [0.29, 0.717) is 5.92 Å². The lowest BCUT2D eigenvalue weighted by molar-refractivity contribution is 0.828. The van der Waals surface area contributed by atoms with Crippen LogP contribution in [0.2, 0.25) is 0 Å². The van der Waals surface area contributed by atoms with Crippen molar-refractivity contribution in [1.82, 2.24) is 4.57 Å². The molecule has 1 aliphatic carbocycles. The lowest BCUT2D eigenvalue weighted by atomic mass is 9.89.